The number of hydrogen-bond donors (Lipinski definition) is 4. The predicted octanol–water partition coefficient (Wildman–Crippen LogP) is 3.75. The van der Waals surface area contributed by atoms with Crippen LogP contribution in [0.4, 0.5) is 16.2 Å². The Morgan fingerprint density at radius 1 is 0.951 bits per heavy atom. The maximum absolute atomic E-state index is 13.0. The van der Waals surface area contributed by atoms with Gasteiger partial charge in [-0.2, -0.15) is 0 Å². The van der Waals surface area contributed by atoms with Gasteiger partial charge in [-0.1, -0.05) is 23.2 Å². The Morgan fingerprint density at radius 2 is 1.51 bits per heavy atom. The lowest BCUT2D eigenvalue weighted by atomic mass is 10.1. The van der Waals surface area contributed by atoms with Crippen LogP contribution < -0.4 is 20.7 Å². The fourth-order valence-corrected chi connectivity index (χ4v) is 4.05. The summed E-state index contributed by atoms with van der Waals surface area (Å²) in [6.45, 7) is 2.82. The molecule has 0 spiro atoms. The topological polar surface area (TPSA) is 180 Å². The summed E-state index contributed by atoms with van der Waals surface area (Å²) in [6.07, 6.45) is -1.13. The zero-order valence-corrected chi connectivity index (χ0v) is 23.4. The first-order valence-corrected chi connectivity index (χ1v) is 12.9. The molecule has 1 atom stereocenters. The number of carboxylic acid groups (broad SMARTS) is 1. The van der Waals surface area contributed by atoms with Crippen molar-refractivity contribution in [3.8, 4) is 5.75 Å². The Balaban J connectivity index is 1.60. The molecule has 1 aliphatic heterocycles. The molecule has 1 saturated heterocycles. The number of ether oxygens (including phenoxy) is 1. The molecule has 218 valence electrons. The molecule has 3 rings (SSSR count). The number of urea groups is 1. The average molecular weight is 609 g/mol. The van der Waals surface area contributed by atoms with E-state index in [2.05, 4.69) is 16.0 Å². The fourth-order valence-electron chi connectivity index (χ4n) is 3.53. The van der Waals surface area contributed by atoms with Crippen LogP contribution in [0.1, 0.15) is 39.5 Å². The summed E-state index contributed by atoms with van der Waals surface area (Å²) in [7, 11) is 0. The monoisotopic (exact) mass is 608 g/mol. The number of aliphatic carboxylic acids is 1. The van der Waals surface area contributed by atoms with Crippen molar-refractivity contribution in [2.24, 2.45) is 0 Å². The second kappa shape index (κ2) is 13.3. The number of hydroxylamine groups is 2. The van der Waals surface area contributed by atoms with E-state index in [9.17, 15) is 28.8 Å². The van der Waals surface area contributed by atoms with Crippen LogP contribution >= 0.6 is 23.2 Å². The van der Waals surface area contributed by atoms with Crippen molar-refractivity contribution in [3.63, 3.8) is 0 Å². The van der Waals surface area contributed by atoms with Crippen molar-refractivity contribution >= 4 is 70.3 Å². The summed E-state index contributed by atoms with van der Waals surface area (Å²) < 4.78 is 5.76. The van der Waals surface area contributed by atoms with E-state index in [0.29, 0.717) is 26.5 Å². The first-order chi connectivity index (χ1) is 19.2. The highest BCUT2D eigenvalue weighted by molar-refractivity contribution is 6.35. The standard InChI is InChI=1S/C26H26Cl2N4O9/c1-26(2,24(38)31-19(7-10-22(35)36)23(37)41-32-20(33)8-9-21(32)34)40-18-5-3-16(4-6-18)29-25(39)30-17-12-14(27)11-15(28)13-17/h3-6,11-13,19H,7-10H2,1-2H3,(H,31,38)(H,35,36)(H2,29,30,39). The molecule has 0 aromatic heterocycles. The minimum atomic E-state index is -1.57. The minimum absolute atomic E-state index is 0.130. The van der Waals surface area contributed by atoms with Gasteiger partial charge in [0.05, 0.1) is 0 Å². The van der Waals surface area contributed by atoms with Gasteiger partial charge in [-0.25, -0.2) is 9.59 Å². The average Bonchev–Trinajstić information content (AvgIpc) is 3.18. The molecule has 0 radical (unpaired) electrons. The number of carbonyl (C=O) groups is 6. The number of nitrogens with zero attached hydrogens (tertiary/aromatic N) is 1. The van der Waals surface area contributed by atoms with Crippen LogP contribution in [-0.2, 0) is 28.8 Å². The molecule has 0 saturated carbocycles. The van der Waals surface area contributed by atoms with Gasteiger partial charge in [0.25, 0.3) is 17.7 Å². The van der Waals surface area contributed by atoms with Crippen LogP contribution in [0.3, 0.4) is 0 Å². The summed E-state index contributed by atoms with van der Waals surface area (Å²) in [5, 5.41) is 17.6. The highest BCUT2D eigenvalue weighted by atomic mass is 35.5. The highest BCUT2D eigenvalue weighted by Crippen LogP contribution is 2.24. The maximum Gasteiger partial charge on any atom is 0.355 e. The third kappa shape index (κ3) is 9.08. The first-order valence-electron chi connectivity index (χ1n) is 12.2. The summed E-state index contributed by atoms with van der Waals surface area (Å²) in [6, 6.07) is 8.53. The molecule has 0 aliphatic carbocycles. The summed E-state index contributed by atoms with van der Waals surface area (Å²) in [5.74, 6) is -4.42. The van der Waals surface area contributed by atoms with Crippen molar-refractivity contribution < 1.29 is 43.4 Å². The Labute approximate surface area is 244 Å². The molecule has 13 nitrogen and oxygen atoms in total. The number of hydrogen-bond acceptors (Lipinski definition) is 8. The number of halogens is 2. The normalized spacial score (nSPS) is 13.8. The Kier molecular flexibility index (Phi) is 10.1. The lowest BCUT2D eigenvalue weighted by molar-refractivity contribution is -0.199. The Hall–Kier alpha value is -4.36. The lowest BCUT2D eigenvalue weighted by Crippen LogP contribution is -2.53. The van der Waals surface area contributed by atoms with E-state index >= 15 is 0 Å². The number of carboxylic acids is 1. The van der Waals surface area contributed by atoms with Crippen LogP contribution in [-0.4, -0.2) is 57.5 Å². The number of carbonyl (C=O) groups excluding carboxylic acids is 5. The van der Waals surface area contributed by atoms with Crippen LogP contribution in [0.15, 0.2) is 42.5 Å². The number of imide groups is 1. The van der Waals surface area contributed by atoms with Gasteiger partial charge in [0.1, 0.15) is 11.8 Å². The van der Waals surface area contributed by atoms with Gasteiger partial charge in [0, 0.05) is 40.7 Å². The van der Waals surface area contributed by atoms with Gasteiger partial charge < -0.3 is 30.6 Å². The third-order valence-corrected chi connectivity index (χ3v) is 6.01. The first kappa shape index (κ1) is 31.2. The number of nitrogens with one attached hydrogen (secondary N) is 3. The molecule has 1 unspecified atom stereocenters. The molecular weight excluding hydrogens is 583 g/mol. The van der Waals surface area contributed by atoms with Crippen LogP contribution in [0.25, 0.3) is 0 Å². The fraction of sp³-hybridized carbons (Fsp3) is 0.308. The Bertz CT molecular complexity index is 1330. The minimum Gasteiger partial charge on any atom is -0.481 e. The molecule has 1 heterocycles. The van der Waals surface area contributed by atoms with Crippen molar-refractivity contribution in [2.75, 3.05) is 10.6 Å². The second-order valence-electron chi connectivity index (χ2n) is 9.32. The summed E-state index contributed by atoms with van der Waals surface area (Å²) in [5.41, 5.74) is -0.788. The molecule has 4 N–H and O–H groups in total. The smallest absolute Gasteiger partial charge is 0.355 e. The Morgan fingerprint density at radius 3 is 2.07 bits per heavy atom. The van der Waals surface area contributed by atoms with Gasteiger partial charge in [-0.05, 0) is 62.7 Å². The predicted molar refractivity (Wildman–Crippen MR) is 146 cm³/mol. The summed E-state index contributed by atoms with van der Waals surface area (Å²) >= 11 is 11.9. The zero-order chi connectivity index (χ0) is 30.3. The molecular formula is C26H26Cl2N4O9. The van der Waals surface area contributed by atoms with E-state index in [1.54, 1.807) is 0 Å². The van der Waals surface area contributed by atoms with Gasteiger partial charge >= 0.3 is 18.0 Å². The van der Waals surface area contributed by atoms with Crippen LogP contribution in [0.2, 0.25) is 10.0 Å². The number of anilines is 2. The van der Waals surface area contributed by atoms with Crippen LogP contribution in [0, 0.1) is 0 Å². The SMILES string of the molecule is CC(C)(Oc1ccc(NC(=O)Nc2cc(Cl)cc(Cl)c2)cc1)C(=O)NC(CCC(=O)O)C(=O)ON1C(=O)CCC1=O. The van der Waals surface area contributed by atoms with E-state index in [1.807, 2.05) is 0 Å². The largest absolute Gasteiger partial charge is 0.481 e. The van der Waals surface area contributed by atoms with Gasteiger partial charge in [0.2, 0.25) is 0 Å². The van der Waals surface area contributed by atoms with Gasteiger partial charge in [-0.15, -0.1) is 5.06 Å². The van der Waals surface area contributed by atoms with Crippen molar-refractivity contribution in [1.82, 2.24) is 10.4 Å². The quantitative estimate of drug-likeness (QED) is 0.276. The molecule has 5 amide bonds. The van der Waals surface area contributed by atoms with E-state index in [1.165, 1.54) is 56.3 Å². The number of rotatable bonds is 11. The highest BCUT2D eigenvalue weighted by Gasteiger charge is 2.38. The molecule has 15 heteroatoms. The number of amides is 5. The molecule has 2 aromatic carbocycles. The third-order valence-electron chi connectivity index (χ3n) is 5.58. The van der Waals surface area contributed by atoms with Gasteiger partial charge in [-0.3, -0.25) is 19.2 Å². The summed E-state index contributed by atoms with van der Waals surface area (Å²) in [4.78, 5) is 77.4. The van der Waals surface area contributed by atoms with E-state index in [0.717, 1.165) is 0 Å². The molecule has 0 bridgehead atoms. The van der Waals surface area contributed by atoms with Crippen molar-refractivity contribution in [2.45, 2.75) is 51.2 Å². The maximum atomic E-state index is 13.0. The van der Waals surface area contributed by atoms with E-state index in [4.69, 9.17) is 37.9 Å². The molecule has 1 aliphatic rings. The zero-order valence-electron chi connectivity index (χ0n) is 21.9. The molecule has 2 aromatic rings. The van der Waals surface area contributed by atoms with Gasteiger partial charge in [0.15, 0.2) is 5.60 Å². The van der Waals surface area contributed by atoms with Crippen LogP contribution in [0.5, 0.6) is 5.75 Å². The number of benzene rings is 2. The van der Waals surface area contributed by atoms with Crippen molar-refractivity contribution in [3.05, 3.63) is 52.5 Å². The molecule has 41 heavy (non-hydrogen) atoms. The lowest BCUT2D eigenvalue weighted by Gasteiger charge is -2.28. The van der Waals surface area contributed by atoms with Crippen molar-refractivity contribution in [1.29, 1.82) is 0 Å². The van der Waals surface area contributed by atoms with E-state index < -0.39 is 53.8 Å². The second-order valence-corrected chi connectivity index (χ2v) is 10.2. The molecule has 1 fully saturated rings. The van der Waals surface area contributed by atoms with E-state index in [-0.39, 0.29) is 25.0 Å².